The minimum Gasteiger partial charge on any atom is -0.341 e. The molecule has 6 rings (SSSR count). The third-order valence-corrected chi connectivity index (χ3v) is 6.46. The summed E-state index contributed by atoms with van der Waals surface area (Å²) < 4.78 is 0. The third-order valence-electron chi connectivity index (χ3n) is 6.46. The minimum absolute atomic E-state index is 0.555. The largest absolute Gasteiger partial charge is 0.341 e. The van der Waals surface area contributed by atoms with Crippen LogP contribution >= 0.6 is 0 Å². The van der Waals surface area contributed by atoms with E-state index in [2.05, 4.69) is 52.8 Å². The van der Waals surface area contributed by atoms with Gasteiger partial charge in [0.2, 0.25) is 0 Å². The number of aryl methyl sites for hydroxylation is 2. The number of para-hydroxylation sites is 1. The molecular formula is C24H24N4. The number of aromatic amines is 1. The first-order valence-corrected chi connectivity index (χ1v) is 10.5. The highest BCUT2D eigenvalue weighted by atomic mass is 15.0. The number of anilines is 2. The van der Waals surface area contributed by atoms with Gasteiger partial charge in [-0.1, -0.05) is 37.1 Å². The number of hydrogen-bond donors (Lipinski definition) is 2. The predicted octanol–water partition coefficient (Wildman–Crippen LogP) is 6.00. The van der Waals surface area contributed by atoms with Crippen LogP contribution in [0.5, 0.6) is 0 Å². The molecule has 140 valence electrons. The molecule has 4 heteroatoms. The summed E-state index contributed by atoms with van der Waals surface area (Å²) in [5, 5.41) is 4.73. The Morgan fingerprint density at radius 1 is 0.893 bits per heavy atom. The van der Waals surface area contributed by atoms with Crippen molar-refractivity contribution in [2.75, 3.05) is 5.32 Å². The van der Waals surface area contributed by atoms with Crippen molar-refractivity contribution < 1.29 is 0 Å². The highest BCUT2D eigenvalue weighted by Gasteiger charge is 2.22. The molecule has 0 saturated heterocycles. The van der Waals surface area contributed by atoms with Gasteiger partial charge in [-0.25, -0.2) is 9.97 Å². The lowest BCUT2D eigenvalue weighted by Crippen LogP contribution is -1.97. The highest BCUT2D eigenvalue weighted by Crippen LogP contribution is 2.37. The van der Waals surface area contributed by atoms with Gasteiger partial charge in [0, 0.05) is 17.0 Å². The van der Waals surface area contributed by atoms with Crippen LogP contribution in [0.1, 0.15) is 55.0 Å². The fraction of sp³-hybridized carbons (Fsp3) is 0.333. The molecule has 2 aromatic heterocycles. The average Bonchev–Trinajstić information content (AvgIpc) is 3.47. The molecule has 0 unspecified atom stereocenters. The molecule has 4 nitrogen and oxygen atoms in total. The van der Waals surface area contributed by atoms with Gasteiger partial charge < -0.3 is 10.3 Å². The number of hydrogen-bond acceptors (Lipinski definition) is 3. The van der Waals surface area contributed by atoms with Crippen molar-refractivity contribution in [1.29, 1.82) is 0 Å². The predicted molar refractivity (Wildman–Crippen MR) is 114 cm³/mol. The van der Waals surface area contributed by atoms with Gasteiger partial charge in [0.1, 0.15) is 11.3 Å². The second-order valence-corrected chi connectivity index (χ2v) is 8.27. The van der Waals surface area contributed by atoms with Crippen molar-refractivity contribution >= 4 is 33.4 Å². The normalized spacial score (nSPS) is 16.9. The summed E-state index contributed by atoms with van der Waals surface area (Å²) in [6.07, 6.45) is 8.73. The fourth-order valence-electron chi connectivity index (χ4n) is 4.98. The summed E-state index contributed by atoms with van der Waals surface area (Å²) in [4.78, 5) is 13.6. The first-order valence-electron chi connectivity index (χ1n) is 10.5. The summed E-state index contributed by atoms with van der Waals surface area (Å²) in [5.41, 5.74) is 7.13. The zero-order valence-electron chi connectivity index (χ0n) is 16.0. The van der Waals surface area contributed by atoms with E-state index in [9.17, 15) is 0 Å². The molecule has 28 heavy (non-hydrogen) atoms. The van der Waals surface area contributed by atoms with E-state index in [1.54, 1.807) is 0 Å². The van der Waals surface area contributed by atoms with E-state index in [4.69, 9.17) is 9.97 Å². The van der Waals surface area contributed by atoms with Crippen molar-refractivity contribution in [3.05, 3.63) is 59.4 Å². The number of H-pyrrole nitrogens is 1. The van der Waals surface area contributed by atoms with E-state index in [1.165, 1.54) is 56.1 Å². The molecule has 0 bridgehead atoms. The maximum absolute atomic E-state index is 5.03. The lowest BCUT2D eigenvalue weighted by molar-refractivity contribution is 0.681. The minimum atomic E-state index is 0.555. The van der Waals surface area contributed by atoms with Gasteiger partial charge in [-0.05, 0) is 61.4 Å². The zero-order valence-corrected chi connectivity index (χ0v) is 16.0. The van der Waals surface area contributed by atoms with Gasteiger partial charge in [-0.15, -0.1) is 0 Å². The van der Waals surface area contributed by atoms with E-state index in [0.717, 1.165) is 39.3 Å². The van der Waals surface area contributed by atoms with Gasteiger partial charge in [0.05, 0.1) is 11.0 Å². The zero-order chi connectivity index (χ0) is 18.5. The Kier molecular flexibility index (Phi) is 3.64. The molecule has 4 aromatic rings. The molecule has 0 radical (unpaired) electrons. The fourth-order valence-corrected chi connectivity index (χ4v) is 4.98. The summed E-state index contributed by atoms with van der Waals surface area (Å²) >= 11 is 0. The SMILES string of the molecule is c1ccc2c(c1)nc(Nc1ccc3c(c1)CCC3)c1nc(C3CCCC3)[nH]c12. The standard InChI is InChI=1S/C24H24N4/c1-2-7-16(6-1)23-27-21-19-10-3-4-11-20(19)26-24(22(21)28-23)25-18-13-12-15-8-5-9-17(15)14-18/h3-4,10-14,16H,1-2,5-9H2,(H,25,26)(H,27,28). The Hall–Kier alpha value is -2.88. The van der Waals surface area contributed by atoms with Crippen LogP contribution in [-0.4, -0.2) is 15.0 Å². The number of imidazole rings is 1. The summed E-state index contributed by atoms with van der Waals surface area (Å²) in [6, 6.07) is 15.1. The van der Waals surface area contributed by atoms with Gasteiger partial charge >= 0.3 is 0 Å². The molecule has 0 spiro atoms. The van der Waals surface area contributed by atoms with Gasteiger partial charge in [0.25, 0.3) is 0 Å². The van der Waals surface area contributed by atoms with Gasteiger partial charge in [-0.3, -0.25) is 0 Å². The quantitative estimate of drug-likeness (QED) is 0.466. The molecule has 1 saturated carbocycles. The van der Waals surface area contributed by atoms with Crippen molar-refractivity contribution in [3.63, 3.8) is 0 Å². The first-order chi connectivity index (χ1) is 13.8. The molecule has 0 amide bonds. The lowest BCUT2D eigenvalue weighted by Gasteiger charge is -2.10. The highest BCUT2D eigenvalue weighted by molar-refractivity contribution is 6.07. The second kappa shape index (κ2) is 6.33. The van der Waals surface area contributed by atoms with Crippen LogP contribution in [-0.2, 0) is 12.8 Å². The molecule has 2 aliphatic rings. The maximum atomic E-state index is 5.03. The monoisotopic (exact) mass is 368 g/mol. The number of pyridine rings is 1. The van der Waals surface area contributed by atoms with Crippen LogP contribution in [0.2, 0.25) is 0 Å². The van der Waals surface area contributed by atoms with Crippen LogP contribution in [0.3, 0.4) is 0 Å². The number of aromatic nitrogens is 3. The average molecular weight is 368 g/mol. The van der Waals surface area contributed by atoms with Crippen molar-refractivity contribution in [1.82, 2.24) is 15.0 Å². The first kappa shape index (κ1) is 16.1. The molecule has 2 N–H and O–H groups in total. The van der Waals surface area contributed by atoms with E-state index < -0.39 is 0 Å². The van der Waals surface area contributed by atoms with Crippen LogP contribution < -0.4 is 5.32 Å². The number of benzene rings is 2. The Balaban J connectivity index is 1.50. The van der Waals surface area contributed by atoms with E-state index in [0.29, 0.717) is 5.92 Å². The molecule has 0 atom stereocenters. The Bertz CT molecular complexity index is 1180. The van der Waals surface area contributed by atoms with E-state index >= 15 is 0 Å². The lowest BCUT2D eigenvalue weighted by atomic mass is 10.1. The Morgan fingerprint density at radius 2 is 1.75 bits per heavy atom. The maximum Gasteiger partial charge on any atom is 0.159 e. The van der Waals surface area contributed by atoms with Gasteiger partial charge in [-0.2, -0.15) is 0 Å². The number of nitrogens with one attached hydrogen (secondary N) is 2. The van der Waals surface area contributed by atoms with Crippen LogP contribution in [0.15, 0.2) is 42.5 Å². The number of fused-ring (bicyclic) bond motifs is 4. The van der Waals surface area contributed by atoms with Crippen LogP contribution in [0.25, 0.3) is 21.9 Å². The van der Waals surface area contributed by atoms with Crippen molar-refractivity contribution in [2.45, 2.75) is 50.9 Å². The third kappa shape index (κ3) is 2.59. The van der Waals surface area contributed by atoms with Gasteiger partial charge in [0.15, 0.2) is 5.82 Å². The molecular weight excluding hydrogens is 344 g/mol. The molecule has 2 heterocycles. The van der Waals surface area contributed by atoms with Crippen LogP contribution in [0.4, 0.5) is 11.5 Å². The molecule has 2 aromatic carbocycles. The Morgan fingerprint density at radius 3 is 2.68 bits per heavy atom. The molecule has 2 aliphatic carbocycles. The number of nitrogens with zero attached hydrogens (tertiary/aromatic N) is 2. The van der Waals surface area contributed by atoms with Crippen molar-refractivity contribution in [2.24, 2.45) is 0 Å². The number of rotatable bonds is 3. The smallest absolute Gasteiger partial charge is 0.159 e. The van der Waals surface area contributed by atoms with Crippen LogP contribution in [0, 0.1) is 0 Å². The second-order valence-electron chi connectivity index (χ2n) is 8.27. The molecule has 1 fully saturated rings. The van der Waals surface area contributed by atoms with E-state index in [-0.39, 0.29) is 0 Å². The summed E-state index contributed by atoms with van der Waals surface area (Å²) in [7, 11) is 0. The molecule has 0 aliphatic heterocycles. The summed E-state index contributed by atoms with van der Waals surface area (Å²) in [6.45, 7) is 0. The Labute approximate surface area is 164 Å². The summed E-state index contributed by atoms with van der Waals surface area (Å²) in [5.74, 6) is 2.54. The van der Waals surface area contributed by atoms with Crippen molar-refractivity contribution in [3.8, 4) is 0 Å². The topological polar surface area (TPSA) is 53.6 Å². The van der Waals surface area contributed by atoms with E-state index in [1.807, 2.05) is 0 Å².